The molecule has 0 radical (unpaired) electrons. The predicted molar refractivity (Wildman–Crippen MR) is 144 cm³/mol. The average molecular weight is 587 g/mol. The molecular weight excluding hydrogens is 562 g/mol. The fourth-order valence-electron chi connectivity index (χ4n) is 2.72. The summed E-state index contributed by atoms with van der Waals surface area (Å²) in [5, 5.41) is 18.2. The summed E-state index contributed by atoms with van der Waals surface area (Å²) in [4.78, 5) is 57.8. The minimum atomic E-state index is -1.59. The van der Waals surface area contributed by atoms with Gasteiger partial charge in [0.1, 0.15) is 15.6 Å². The van der Waals surface area contributed by atoms with Crippen molar-refractivity contribution in [3.63, 3.8) is 0 Å². The highest BCUT2D eigenvalue weighted by Gasteiger charge is 2.27. The van der Waals surface area contributed by atoms with E-state index in [4.69, 9.17) is 32.8 Å². The minimum absolute atomic E-state index is 0.0600. The number of nitrogens with zero attached hydrogens (tertiary/aromatic N) is 2. The number of benzene rings is 1. The third-order valence-corrected chi connectivity index (χ3v) is 6.36. The van der Waals surface area contributed by atoms with E-state index in [1.54, 1.807) is 33.8 Å². The number of carboxylic acids is 1. The zero-order chi connectivity index (χ0) is 28.8. The first-order valence-corrected chi connectivity index (χ1v) is 12.5. The van der Waals surface area contributed by atoms with Gasteiger partial charge >= 0.3 is 26.1 Å². The molecule has 0 aliphatic heterocycles. The number of hydrogen-bond acceptors (Lipinski definition) is 10. The Morgan fingerprint density at radius 3 is 2.45 bits per heavy atom. The van der Waals surface area contributed by atoms with Gasteiger partial charge in [0.25, 0.3) is 5.91 Å². The molecule has 0 saturated carbocycles. The lowest BCUT2D eigenvalue weighted by molar-refractivity contribution is -0.147. The Hall–Kier alpha value is -3.36. The highest BCUT2D eigenvalue weighted by atomic mass is 35.5. The second kappa shape index (κ2) is 12.9. The molecule has 2 amide bonds. The first-order chi connectivity index (χ1) is 17.6. The molecule has 12 nitrogen and oxygen atoms in total. The number of aryl methyl sites for hydroxylation is 1. The van der Waals surface area contributed by atoms with Crippen LogP contribution in [0.2, 0.25) is 9.36 Å². The lowest BCUT2D eigenvalue weighted by atomic mass is 10.1. The van der Waals surface area contributed by atoms with Gasteiger partial charge in [-0.05, 0) is 51.8 Å². The highest BCUT2D eigenvalue weighted by molar-refractivity contribution is 7.20. The number of carbonyl (C=O) groups excluding carboxylic acids is 3. The van der Waals surface area contributed by atoms with Gasteiger partial charge in [0, 0.05) is 0 Å². The molecule has 0 bridgehead atoms. The van der Waals surface area contributed by atoms with Gasteiger partial charge in [-0.2, -0.15) is 0 Å². The largest absolute Gasteiger partial charge is 0.541 e. The fraction of sp³-hybridized carbons (Fsp3) is 0.364. The van der Waals surface area contributed by atoms with Gasteiger partial charge in [-0.15, -0.1) is 0 Å². The summed E-state index contributed by atoms with van der Waals surface area (Å²) in [6, 6.07) is 3.25. The van der Waals surface area contributed by atoms with E-state index in [1.807, 2.05) is 6.92 Å². The van der Waals surface area contributed by atoms with Crippen molar-refractivity contribution in [2.75, 3.05) is 11.9 Å². The zero-order valence-electron chi connectivity index (χ0n) is 21.3. The van der Waals surface area contributed by atoms with E-state index >= 15 is 0 Å². The van der Waals surface area contributed by atoms with E-state index in [2.05, 4.69) is 25.4 Å². The second-order valence-corrected chi connectivity index (χ2v) is 10.7. The molecule has 1 unspecified atom stereocenters. The van der Waals surface area contributed by atoms with Gasteiger partial charge in [0.15, 0.2) is 5.13 Å². The third kappa shape index (κ3) is 8.33. The van der Waals surface area contributed by atoms with E-state index in [9.17, 15) is 24.3 Å². The van der Waals surface area contributed by atoms with Crippen molar-refractivity contribution in [3.8, 4) is 0 Å². The molecule has 1 heterocycles. The van der Waals surface area contributed by atoms with E-state index in [1.165, 1.54) is 6.07 Å². The van der Waals surface area contributed by atoms with Crippen LogP contribution in [0.3, 0.4) is 0 Å². The number of nitrogens with one attached hydrogen (secondary N) is 2. The topological polar surface area (TPSA) is 166 Å². The molecule has 2 aromatic rings. The van der Waals surface area contributed by atoms with E-state index in [-0.39, 0.29) is 25.7 Å². The van der Waals surface area contributed by atoms with Crippen LogP contribution in [0.4, 0.5) is 9.93 Å². The lowest BCUT2D eigenvalue weighted by Crippen LogP contribution is -2.39. The Balaban J connectivity index is 2.22. The quantitative estimate of drug-likeness (QED) is 0.227. The minimum Gasteiger partial charge on any atom is -0.541 e. The van der Waals surface area contributed by atoms with Crippen LogP contribution in [0.1, 0.15) is 48.0 Å². The molecular formula is C22H25BCl2N4O8S. The maximum atomic E-state index is 12.6. The van der Waals surface area contributed by atoms with Gasteiger partial charge < -0.3 is 24.7 Å². The number of hydrogen-bond donors (Lipinski definition) is 3. The molecule has 1 aromatic carbocycles. The lowest BCUT2D eigenvalue weighted by Gasteiger charge is -2.18. The molecule has 16 heteroatoms. The van der Waals surface area contributed by atoms with Crippen LogP contribution in [0.15, 0.2) is 17.3 Å². The van der Waals surface area contributed by atoms with E-state index < -0.39 is 47.9 Å². The summed E-state index contributed by atoms with van der Waals surface area (Å²) in [5.74, 6) is -3.13. The van der Waals surface area contributed by atoms with Crippen LogP contribution < -0.4 is 10.6 Å². The van der Waals surface area contributed by atoms with Crippen molar-refractivity contribution >= 4 is 77.4 Å². The number of aliphatic carboxylic acids is 1. The number of oxime groups is 1. The van der Waals surface area contributed by atoms with E-state index in [0.717, 1.165) is 30.5 Å². The summed E-state index contributed by atoms with van der Waals surface area (Å²) in [6.45, 7) is 8.16. The number of rotatable bonds is 9. The van der Waals surface area contributed by atoms with Gasteiger partial charge in [0.05, 0.1) is 17.1 Å². The van der Waals surface area contributed by atoms with Crippen LogP contribution in [0.5, 0.6) is 0 Å². The van der Waals surface area contributed by atoms with Gasteiger partial charge in [-0.3, -0.25) is 10.1 Å². The van der Waals surface area contributed by atoms with Gasteiger partial charge in [-0.1, -0.05) is 45.8 Å². The zero-order valence-corrected chi connectivity index (χ0v) is 23.6. The maximum Gasteiger partial charge on any atom is 0.413 e. The molecule has 0 spiro atoms. The molecule has 38 heavy (non-hydrogen) atoms. The standard InChI is InChI=1S/C22H25BCl2N4O8S/c1-9-6-7-11(13(24)10(9)2)17(30)26-8-12(19(33)36-23)37-29-15(18(31)32)14-16(25)38-20(27-14)28-21(34)35-22(3,4)5/h6-7,12H,8,23H2,1-5H3,(H,26,30)(H,31,32)(H,27,28,34)/b29-15-. The molecule has 204 valence electrons. The number of amides is 2. The summed E-state index contributed by atoms with van der Waals surface area (Å²) in [7, 11) is 1.08. The van der Waals surface area contributed by atoms with Crippen LogP contribution in [-0.4, -0.2) is 66.0 Å². The van der Waals surface area contributed by atoms with Gasteiger partial charge in [-0.25, -0.2) is 19.4 Å². The fourth-order valence-corrected chi connectivity index (χ4v) is 4.05. The summed E-state index contributed by atoms with van der Waals surface area (Å²) in [6.07, 6.45) is -2.36. The molecule has 0 aliphatic carbocycles. The number of anilines is 1. The van der Waals surface area contributed by atoms with Crippen molar-refractivity contribution < 1.29 is 38.5 Å². The second-order valence-electron chi connectivity index (χ2n) is 8.71. The van der Waals surface area contributed by atoms with Crippen molar-refractivity contribution in [1.82, 2.24) is 10.3 Å². The van der Waals surface area contributed by atoms with Crippen LogP contribution in [-0.2, 0) is 23.8 Å². The molecule has 3 N–H and O–H groups in total. The van der Waals surface area contributed by atoms with Crippen LogP contribution >= 0.6 is 34.5 Å². The Morgan fingerprint density at radius 1 is 1.21 bits per heavy atom. The first kappa shape index (κ1) is 30.9. The SMILES string of the molecule is BOC(=O)C(CNC(=O)c1ccc(C)c(C)c1Cl)O/N=C(\C(=O)O)c1nc(NC(=O)OC(C)(C)C)sc1Cl. The maximum absolute atomic E-state index is 12.6. The normalized spacial score (nSPS) is 12.3. The monoisotopic (exact) mass is 586 g/mol. The molecule has 1 aromatic heterocycles. The van der Waals surface area contributed by atoms with Crippen molar-refractivity contribution in [3.05, 3.63) is 43.9 Å². The van der Waals surface area contributed by atoms with Crippen LogP contribution in [0.25, 0.3) is 0 Å². The Kier molecular flexibility index (Phi) is 10.5. The number of aromatic nitrogens is 1. The molecule has 0 fully saturated rings. The first-order valence-electron chi connectivity index (χ1n) is 10.9. The van der Waals surface area contributed by atoms with Crippen molar-refractivity contribution in [1.29, 1.82) is 0 Å². The summed E-state index contributed by atoms with van der Waals surface area (Å²) >= 11 is 13.1. The predicted octanol–water partition coefficient (Wildman–Crippen LogP) is 3.11. The number of ether oxygens (including phenoxy) is 1. The van der Waals surface area contributed by atoms with Crippen molar-refractivity contribution in [2.45, 2.75) is 46.3 Å². The number of thiazole rings is 1. The smallest absolute Gasteiger partial charge is 0.413 e. The number of carbonyl (C=O) groups is 4. The number of halogens is 2. The summed E-state index contributed by atoms with van der Waals surface area (Å²) in [5.41, 5.74) is -0.0882. The van der Waals surface area contributed by atoms with Gasteiger partial charge in [0.2, 0.25) is 11.8 Å². The van der Waals surface area contributed by atoms with E-state index in [0.29, 0.717) is 0 Å². The molecule has 1 atom stereocenters. The molecule has 0 aliphatic rings. The average Bonchev–Trinajstić information content (AvgIpc) is 3.16. The number of carboxylic acid groups (broad SMARTS) is 1. The highest BCUT2D eigenvalue weighted by Crippen LogP contribution is 2.29. The molecule has 0 saturated heterocycles. The van der Waals surface area contributed by atoms with Crippen LogP contribution in [0, 0.1) is 13.8 Å². The van der Waals surface area contributed by atoms with Crippen molar-refractivity contribution in [2.24, 2.45) is 5.16 Å². The Bertz CT molecular complexity index is 1280. The molecule has 2 rings (SSSR count). The third-order valence-electron chi connectivity index (χ3n) is 4.71. The Morgan fingerprint density at radius 2 is 1.87 bits per heavy atom. The Labute approximate surface area is 233 Å². The summed E-state index contributed by atoms with van der Waals surface area (Å²) < 4.78 is 9.65.